The van der Waals surface area contributed by atoms with Crippen molar-refractivity contribution in [3.05, 3.63) is 95.6 Å². The van der Waals surface area contributed by atoms with Gasteiger partial charge in [-0.3, -0.25) is 8.37 Å². The Labute approximate surface area is 233 Å². The van der Waals surface area contributed by atoms with E-state index in [1.807, 2.05) is 44.2 Å². The fraction of sp³-hybridized carbons (Fsp3) is 0.400. The van der Waals surface area contributed by atoms with E-state index in [2.05, 4.69) is 0 Å². The van der Waals surface area contributed by atoms with Crippen molar-refractivity contribution in [3.8, 4) is 0 Å². The normalized spacial score (nSPS) is 12.2. The Morgan fingerprint density at radius 2 is 1.10 bits per heavy atom. The van der Waals surface area contributed by atoms with E-state index in [-0.39, 0.29) is 23.0 Å². The Balaban J connectivity index is 1.50. The molecule has 3 rings (SSSR count). The van der Waals surface area contributed by atoms with Crippen molar-refractivity contribution in [3.63, 3.8) is 0 Å². The van der Waals surface area contributed by atoms with Crippen molar-refractivity contribution in [1.29, 1.82) is 0 Å². The lowest BCUT2D eigenvalue weighted by Gasteiger charge is -2.17. The predicted octanol–water partition coefficient (Wildman–Crippen LogP) is 6.20. The lowest BCUT2D eigenvalue weighted by molar-refractivity contribution is 0.116. The summed E-state index contributed by atoms with van der Waals surface area (Å²) in [6, 6.07) is 22.8. The van der Waals surface area contributed by atoms with Crippen LogP contribution in [0.15, 0.2) is 88.7 Å². The van der Waals surface area contributed by atoms with Gasteiger partial charge in [0.1, 0.15) is 0 Å². The Hall–Kier alpha value is -2.56. The zero-order valence-electron chi connectivity index (χ0n) is 22.6. The second-order valence-electron chi connectivity index (χ2n) is 9.71. The molecule has 0 saturated carbocycles. The van der Waals surface area contributed by atoms with E-state index in [0.29, 0.717) is 19.6 Å². The lowest BCUT2D eigenvalue weighted by Crippen LogP contribution is -2.21. The largest absolute Gasteiger partial charge is 0.377 e. The van der Waals surface area contributed by atoms with Crippen LogP contribution in [0.4, 0.5) is 0 Å². The van der Waals surface area contributed by atoms with Crippen LogP contribution < -0.4 is 0 Å². The van der Waals surface area contributed by atoms with E-state index in [9.17, 15) is 16.8 Å². The molecule has 0 fully saturated rings. The summed E-state index contributed by atoms with van der Waals surface area (Å²) >= 11 is 0. The Morgan fingerprint density at radius 1 is 0.615 bits per heavy atom. The minimum absolute atomic E-state index is 0.0653. The van der Waals surface area contributed by atoms with Crippen LogP contribution in [0.25, 0.3) is 0 Å². The lowest BCUT2D eigenvalue weighted by atomic mass is 10.0. The molecule has 0 unspecified atom stereocenters. The first-order valence-corrected chi connectivity index (χ1v) is 16.0. The number of rotatable bonds is 17. The smallest absolute Gasteiger partial charge is 0.296 e. The summed E-state index contributed by atoms with van der Waals surface area (Å²) in [5.41, 5.74) is 3.01. The quantitative estimate of drug-likeness (QED) is 0.140. The van der Waals surface area contributed by atoms with Crippen LogP contribution >= 0.6 is 0 Å². The predicted molar refractivity (Wildman–Crippen MR) is 151 cm³/mol. The minimum Gasteiger partial charge on any atom is -0.377 e. The zero-order valence-corrected chi connectivity index (χ0v) is 24.3. The van der Waals surface area contributed by atoms with E-state index < -0.39 is 26.2 Å². The number of aryl methyl sites for hydroxylation is 2. The van der Waals surface area contributed by atoms with Gasteiger partial charge in [0.2, 0.25) is 0 Å². The molecular weight excluding hydrogens is 536 g/mol. The molecule has 3 aromatic carbocycles. The second kappa shape index (κ2) is 15.3. The van der Waals surface area contributed by atoms with Crippen molar-refractivity contribution >= 4 is 20.2 Å². The summed E-state index contributed by atoms with van der Waals surface area (Å²) in [5.74, 6) is -0.417. The molecule has 0 aliphatic carbocycles. The second-order valence-corrected chi connectivity index (χ2v) is 12.9. The SMILES string of the molecule is Cc1ccc(S(=O)(=O)OCC(CCCCCCOCc2ccccc2)COS(=O)(=O)c2ccc(C)cc2)cc1. The number of hydrogen-bond donors (Lipinski definition) is 0. The molecule has 0 aromatic heterocycles. The molecule has 0 saturated heterocycles. The summed E-state index contributed by atoms with van der Waals surface area (Å²) in [7, 11) is -7.95. The Bertz CT molecular complexity index is 1260. The van der Waals surface area contributed by atoms with Crippen LogP contribution in [0, 0.1) is 19.8 Å². The van der Waals surface area contributed by atoms with E-state index in [1.165, 1.54) is 24.3 Å². The van der Waals surface area contributed by atoms with E-state index in [4.69, 9.17) is 13.1 Å². The van der Waals surface area contributed by atoms with Crippen LogP contribution in [0.3, 0.4) is 0 Å². The summed E-state index contributed by atoms with van der Waals surface area (Å²) in [6.07, 6.45) is 4.12. The summed E-state index contributed by atoms with van der Waals surface area (Å²) in [4.78, 5) is 0.131. The molecule has 0 bridgehead atoms. The van der Waals surface area contributed by atoms with Crippen molar-refractivity contribution < 1.29 is 29.9 Å². The molecule has 0 radical (unpaired) electrons. The highest BCUT2D eigenvalue weighted by molar-refractivity contribution is 7.87. The summed E-state index contributed by atoms with van der Waals surface area (Å²) in [5, 5.41) is 0. The van der Waals surface area contributed by atoms with Gasteiger partial charge in [-0.25, -0.2) is 0 Å². The van der Waals surface area contributed by atoms with Gasteiger partial charge in [0.15, 0.2) is 0 Å². The number of unbranched alkanes of at least 4 members (excludes halogenated alkanes) is 3. The first-order chi connectivity index (χ1) is 18.7. The fourth-order valence-electron chi connectivity index (χ4n) is 3.89. The highest BCUT2D eigenvalue weighted by atomic mass is 32.2. The van der Waals surface area contributed by atoms with Gasteiger partial charge in [-0.2, -0.15) is 16.8 Å². The summed E-state index contributed by atoms with van der Waals surface area (Å²) in [6.45, 7) is 4.65. The van der Waals surface area contributed by atoms with Crippen molar-refractivity contribution in [2.75, 3.05) is 19.8 Å². The molecule has 0 heterocycles. The topological polar surface area (TPSA) is 96.0 Å². The molecule has 3 aromatic rings. The molecule has 0 aliphatic heterocycles. The first-order valence-electron chi connectivity index (χ1n) is 13.2. The fourth-order valence-corrected chi connectivity index (χ4v) is 5.84. The minimum atomic E-state index is -3.97. The van der Waals surface area contributed by atoms with Crippen LogP contribution in [0.1, 0.15) is 48.8 Å². The molecular formula is C30H38O7S2. The van der Waals surface area contributed by atoms with Gasteiger partial charge in [-0.05, 0) is 56.5 Å². The van der Waals surface area contributed by atoms with Crippen molar-refractivity contribution in [2.24, 2.45) is 5.92 Å². The van der Waals surface area contributed by atoms with Gasteiger partial charge in [0.05, 0.1) is 29.6 Å². The van der Waals surface area contributed by atoms with Gasteiger partial charge in [-0.15, -0.1) is 0 Å². The molecule has 0 amide bonds. The molecule has 7 nitrogen and oxygen atoms in total. The van der Waals surface area contributed by atoms with E-state index in [1.54, 1.807) is 24.3 Å². The maximum absolute atomic E-state index is 12.7. The van der Waals surface area contributed by atoms with Crippen LogP contribution in [-0.4, -0.2) is 36.7 Å². The van der Waals surface area contributed by atoms with Gasteiger partial charge in [0.25, 0.3) is 20.2 Å². The monoisotopic (exact) mass is 574 g/mol. The van der Waals surface area contributed by atoms with Crippen molar-refractivity contribution in [2.45, 2.75) is 62.3 Å². The highest BCUT2D eigenvalue weighted by Gasteiger charge is 2.22. The highest BCUT2D eigenvalue weighted by Crippen LogP contribution is 2.20. The maximum atomic E-state index is 12.7. The van der Waals surface area contributed by atoms with Crippen LogP contribution in [0.5, 0.6) is 0 Å². The average molecular weight is 575 g/mol. The summed E-state index contributed by atoms with van der Waals surface area (Å²) < 4.78 is 67.1. The van der Waals surface area contributed by atoms with E-state index >= 15 is 0 Å². The molecule has 0 atom stereocenters. The first kappa shape index (κ1) is 31.0. The van der Waals surface area contributed by atoms with E-state index in [0.717, 1.165) is 42.4 Å². The number of ether oxygens (including phenoxy) is 1. The zero-order chi connectivity index (χ0) is 28.1. The molecule has 9 heteroatoms. The molecule has 0 spiro atoms. The average Bonchev–Trinajstić information content (AvgIpc) is 2.92. The van der Waals surface area contributed by atoms with Crippen LogP contribution in [-0.2, 0) is 39.9 Å². The molecule has 39 heavy (non-hydrogen) atoms. The number of hydrogen-bond acceptors (Lipinski definition) is 7. The number of benzene rings is 3. The third kappa shape index (κ3) is 10.8. The van der Waals surface area contributed by atoms with Gasteiger partial charge in [0, 0.05) is 12.5 Å². The van der Waals surface area contributed by atoms with Gasteiger partial charge < -0.3 is 4.74 Å². The third-order valence-corrected chi connectivity index (χ3v) is 8.89. The Morgan fingerprint density at radius 3 is 1.62 bits per heavy atom. The van der Waals surface area contributed by atoms with Crippen molar-refractivity contribution in [1.82, 2.24) is 0 Å². The van der Waals surface area contributed by atoms with Crippen LogP contribution in [0.2, 0.25) is 0 Å². The molecule has 0 aliphatic rings. The Kier molecular flexibility index (Phi) is 12.1. The molecule has 212 valence electrons. The third-order valence-electron chi connectivity index (χ3n) is 6.30. The maximum Gasteiger partial charge on any atom is 0.296 e. The van der Waals surface area contributed by atoms with Gasteiger partial charge >= 0.3 is 0 Å². The molecule has 0 N–H and O–H groups in total. The standard InChI is InChI=1S/C30H38O7S2/c1-25-13-17-29(18-14-25)38(31,32)36-23-28(24-37-39(33,34)30-19-15-26(2)16-20-30)12-6-3-4-9-21-35-22-27-10-7-5-8-11-27/h5,7-8,10-11,13-20,28H,3-4,6,9,12,21-24H2,1-2H3. The van der Waals surface area contributed by atoms with Gasteiger partial charge in [-0.1, -0.05) is 85.0 Å².